The van der Waals surface area contributed by atoms with E-state index in [-0.39, 0.29) is 17.8 Å². The minimum Gasteiger partial charge on any atom is -0.468 e. The molecular weight excluding hydrogens is 396 g/mol. The monoisotopic (exact) mass is 424 g/mol. The predicted molar refractivity (Wildman–Crippen MR) is 117 cm³/mol. The van der Waals surface area contributed by atoms with Crippen LogP contribution in [0.4, 0.5) is 0 Å². The molecule has 3 rings (SSSR count). The molecule has 1 aliphatic rings. The molecule has 164 valence electrons. The normalized spacial score (nSPS) is 16.8. The number of carbonyl (C=O) groups is 3. The van der Waals surface area contributed by atoms with Gasteiger partial charge < -0.3 is 14.4 Å². The van der Waals surface area contributed by atoms with Gasteiger partial charge in [-0.2, -0.15) is 0 Å². The van der Waals surface area contributed by atoms with E-state index in [1.54, 1.807) is 18.7 Å². The Labute approximate surface area is 182 Å². The van der Waals surface area contributed by atoms with Crippen molar-refractivity contribution in [1.29, 1.82) is 0 Å². The number of fused-ring (bicyclic) bond motifs is 1. The number of piperidine rings is 1. The predicted octanol–water partition coefficient (Wildman–Crippen LogP) is 3.67. The molecule has 31 heavy (non-hydrogen) atoms. The topological polar surface area (TPSA) is 85.8 Å². The summed E-state index contributed by atoms with van der Waals surface area (Å²) in [5.41, 5.74) is 1.59. The Bertz CT molecular complexity index is 1020. The third kappa shape index (κ3) is 5.10. The summed E-state index contributed by atoms with van der Waals surface area (Å²) in [7, 11) is 1.39. The second-order valence-electron chi connectivity index (χ2n) is 7.93. The van der Waals surface area contributed by atoms with Gasteiger partial charge in [0.15, 0.2) is 0 Å². The molecule has 7 nitrogen and oxygen atoms in total. The molecule has 0 aliphatic carbocycles. The lowest BCUT2D eigenvalue weighted by molar-refractivity contribution is -0.153. The smallest absolute Gasteiger partial charge is 0.315 e. The van der Waals surface area contributed by atoms with Gasteiger partial charge in [-0.15, -0.1) is 0 Å². The van der Waals surface area contributed by atoms with E-state index < -0.39 is 11.5 Å². The average Bonchev–Trinajstić information content (AvgIpc) is 2.76. The van der Waals surface area contributed by atoms with E-state index in [0.717, 1.165) is 16.5 Å². The average molecular weight is 424 g/mol. The fraction of sp³-hybridized carbons (Fsp3) is 0.417. The number of nitrogens with zero attached hydrogens (tertiary/aromatic N) is 2. The van der Waals surface area contributed by atoms with Crippen LogP contribution < -0.4 is 0 Å². The van der Waals surface area contributed by atoms with Crippen LogP contribution in [0.2, 0.25) is 0 Å². The Kier molecular flexibility index (Phi) is 6.73. The Morgan fingerprint density at radius 1 is 1.13 bits per heavy atom. The molecule has 2 aromatic rings. The largest absolute Gasteiger partial charge is 0.468 e. The highest BCUT2D eigenvalue weighted by Crippen LogP contribution is 2.35. The van der Waals surface area contributed by atoms with Gasteiger partial charge in [0.05, 0.1) is 23.7 Å². The van der Waals surface area contributed by atoms with Gasteiger partial charge in [0.1, 0.15) is 6.10 Å². The maximum Gasteiger partial charge on any atom is 0.315 e. The molecule has 1 aliphatic heterocycles. The van der Waals surface area contributed by atoms with Gasteiger partial charge in [0, 0.05) is 32.3 Å². The minimum atomic E-state index is -0.755. The second kappa shape index (κ2) is 9.29. The molecule has 1 aromatic carbocycles. The highest BCUT2D eigenvalue weighted by molar-refractivity contribution is 5.84. The van der Waals surface area contributed by atoms with Crippen LogP contribution >= 0.6 is 0 Å². The number of pyridine rings is 1. The first kappa shape index (κ1) is 22.5. The minimum absolute atomic E-state index is 0.0156. The van der Waals surface area contributed by atoms with Crippen LogP contribution in [0.15, 0.2) is 36.4 Å². The molecule has 0 saturated carbocycles. The van der Waals surface area contributed by atoms with E-state index in [9.17, 15) is 14.4 Å². The summed E-state index contributed by atoms with van der Waals surface area (Å²) in [6.45, 7) is 5.74. The van der Waals surface area contributed by atoms with Crippen molar-refractivity contribution >= 4 is 34.8 Å². The van der Waals surface area contributed by atoms with Crippen LogP contribution in [0.5, 0.6) is 0 Å². The molecule has 0 N–H and O–H groups in total. The van der Waals surface area contributed by atoms with Crippen LogP contribution in [0.25, 0.3) is 17.0 Å². The highest BCUT2D eigenvalue weighted by atomic mass is 16.5. The Hall–Kier alpha value is -3.22. The Morgan fingerprint density at radius 3 is 2.42 bits per heavy atom. The van der Waals surface area contributed by atoms with Gasteiger partial charge in [-0.05, 0) is 37.5 Å². The van der Waals surface area contributed by atoms with Crippen molar-refractivity contribution in [2.75, 3.05) is 20.2 Å². The molecule has 0 spiro atoms. The lowest BCUT2D eigenvalue weighted by Gasteiger charge is -2.37. The van der Waals surface area contributed by atoms with Gasteiger partial charge in [0.25, 0.3) is 0 Å². The van der Waals surface area contributed by atoms with Gasteiger partial charge in [-0.25, -0.2) is 4.98 Å². The van der Waals surface area contributed by atoms with Gasteiger partial charge >= 0.3 is 11.9 Å². The maximum absolute atomic E-state index is 12.6. The molecule has 1 amide bonds. The standard InChI is InChI=1S/C24H28N2O5/c1-16(31-18(3)28)21-8-7-20-6-5-19(15-22(20)25-21)9-10-24(23(29)30-4)11-13-26(14-12-24)17(2)27/h5-10,15-16H,11-14H2,1-4H3/b10-9+/t16-/m1/s1. The van der Waals surface area contributed by atoms with Crippen LogP contribution in [0.1, 0.15) is 51.0 Å². The zero-order chi connectivity index (χ0) is 22.6. The fourth-order valence-electron chi connectivity index (χ4n) is 3.91. The Morgan fingerprint density at radius 2 is 1.81 bits per heavy atom. The zero-order valence-corrected chi connectivity index (χ0v) is 18.4. The first-order valence-electron chi connectivity index (χ1n) is 10.4. The molecule has 1 aromatic heterocycles. The number of likely N-dealkylation sites (tertiary alicyclic amines) is 1. The van der Waals surface area contributed by atoms with Crippen molar-refractivity contribution in [3.8, 4) is 0 Å². The number of ether oxygens (including phenoxy) is 2. The summed E-state index contributed by atoms with van der Waals surface area (Å²) in [6, 6.07) is 9.65. The van der Waals surface area contributed by atoms with Crippen LogP contribution in [0, 0.1) is 5.41 Å². The number of amides is 1. The number of carbonyl (C=O) groups excluding carboxylic acids is 3. The molecule has 2 heterocycles. The molecular formula is C24H28N2O5. The van der Waals surface area contributed by atoms with Crippen LogP contribution in [0.3, 0.4) is 0 Å². The summed E-state index contributed by atoms with van der Waals surface area (Å²) < 4.78 is 10.3. The van der Waals surface area contributed by atoms with Crippen LogP contribution in [-0.4, -0.2) is 47.9 Å². The highest BCUT2D eigenvalue weighted by Gasteiger charge is 2.40. The molecule has 1 fully saturated rings. The molecule has 7 heteroatoms. The summed E-state index contributed by atoms with van der Waals surface area (Å²) in [6.07, 6.45) is 4.40. The summed E-state index contributed by atoms with van der Waals surface area (Å²) in [5.74, 6) is -0.625. The Balaban J connectivity index is 1.86. The number of methoxy groups -OCH3 is 1. The van der Waals surface area contributed by atoms with Crippen molar-refractivity contribution in [2.24, 2.45) is 5.41 Å². The molecule has 1 saturated heterocycles. The van der Waals surface area contributed by atoms with E-state index in [1.165, 1.54) is 14.0 Å². The lowest BCUT2D eigenvalue weighted by Crippen LogP contribution is -2.45. The van der Waals surface area contributed by atoms with Gasteiger partial charge in [-0.1, -0.05) is 30.4 Å². The molecule has 1 atom stereocenters. The van der Waals surface area contributed by atoms with E-state index in [1.807, 2.05) is 42.5 Å². The number of hydrogen-bond donors (Lipinski definition) is 0. The van der Waals surface area contributed by atoms with Gasteiger partial charge in [0.2, 0.25) is 5.91 Å². The summed E-state index contributed by atoms with van der Waals surface area (Å²) in [4.78, 5) is 41.8. The quantitative estimate of drug-likeness (QED) is 0.681. The van der Waals surface area contributed by atoms with Crippen molar-refractivity contribution < 1.29 is 23.9 Å². The number of esters is 2. The number of hydrogen-bond acceptors (Lipinski definition) is 6. The van der Waals surface area contributed by atoms with Crippen LogP contribution in [-0.2, 0) is 23.9 Å². The number of benzene rings is 1. The molecule has 0 bridgehead atoms. The fourth-order valence-corrected chi connectivity index (χ4v) is 3.91. The number of aromatic nitrogens is 1. The van der Waals surface area contributed by atoms with E-state index in [4.69, 9.17) is 9.47 Å². The zero-order valence-electron chi connectivity index (χ0n) is 18.4. The maximum atomic E-state index is 12.6. The molecule has 0 radical (unpaired) electrons. The third-order valence-corrected chi connectivity index (χ3v) is 5.78. The third-order valence-electron chi connectivity index (χ3n) is 5.78. The van der Waals surface area contributed by atoms with Crippen molar-refractivity contribution in [3.05, 3.63) is 47.7 Å². The summed E-state index contributed by atoms with van der Waals surface area (Å²) in [5, 5.41) is 0.966. The lowest BCUT2D eigenvalue weighted by atomic mass is 9.77. The van der Waals surface area contributed by atoms with E-state index in [0.29, 0.717) is 31.6 Å². The first-order chi connectivity index (χ1) is 14.7. The van der Waals surface area contributed by atoms with Crippen molar-refractivity contribution in [2.45, 2.75) is 39.7 Å². The van der Waals surface area contributed by atoms with Gasteiger partial charge in [-0.3, -0.25) is 14.4 Å². The van der Waals surface area contributed by atoms with E-state index >= 15 is 0 Å². The van der Waals surface area contributed by atoms with Crippen molar-refractivity contribution in [1.82, 2.24) is 9.88 Å². The second-order valence-corrected chi connectivity index (χ2v) is 7.93. The van der Waals surface area contributed by atoms with E-state index in [2.05, 4.69) is 4.98 Å². The summed E-state index contributed by atoms with van der Waals surface area (Å²) >= 11 is 0. The first-order valence-corrected chi connectivity index (χ1v) is 10.4. The number of rotatable bonds is 5. The molecule has 0 unspecified atom stereocenters. The van der Waals surface area contributed by atoms with Crippen molar-refractivity contribution in [3.63, 3.8) is 0 Å². The SMILES string of the molecule is COC(=O)C1(/C=C/c2ccc3ccc([C@@H](C)OC(C)=O)nc3c2)CCN(C(C)=O)CC1.